The van der Waals surface area contributed by atoms with E-state index in [2.05, 4.69) is 0 Å². The van der Waals surface area contributed by atoms with Gasteiger partial charge in [0.2, 0.25) is 0 Å². The summed E-state index contributed by atoms with van der Waals surface area (Å²) in [5.74, 6) is 1.99. The molecule has 25 heavy (non-hydrogen) atoms. The van der Waals surface area contributed by atoms with Crippen molar-refractivity contribution in [2.24, 2.45) is 0 Å². The maximum atomic E-state index is 12.6. The van der Waals surface area contributed by atoms with Crippen molar-refractivity contribution in [3.63, 3.8) is 0 Å². The highest BCUT2D eigenvalue weighted by Crippen LogP contribution is 2.25. The topological polar surface area (TPSA) is 48.0 Å². The minimum absolute atomic E-state index is 0.0978. The predicted molar refractivity (Wildman–Crippen MR) is 97.3 cm³/mol. The van der Waals surface area contributed by atoms with Crippen LogP contribution in [-0.4, -0.2) is 38.2 Å². The van der Waals surface area contributed by atoms with Crippen LogP contribution in [-0.2, 0) is 11.3 Å². The first kappa shape index (κ1) is 18.6. The molecule has 0 aliphatic rings. The fourth-order valence-corrected chi connectivity index (χ4v) is 2.57. The summed E-state index contributed by atoms with van der Waals surface area (Å²) in [6, 6.07) is 13.2. The van der Waals surface area contributed by atoms with Crippen molar-refractivity contribution in [2.75, 3.05) is 21.3 Å². The fraction of sp³-hybridized carbons (Fsp3) is 0.350. The van der Waals surface area contributed by atoms with E-state index in [9.17, 15) is 4.79 Å². The largest absolute Gasteiger partial charge is 0.497 e. The predicted octanol–water partition coefficient (Wildman–Crippen LogP) is 3.44. The van der Waals surface area contributed by atoms with Gasteiger partial charge in [-0.1, -0.05) is 12.1 Å². The Labute approximate surface area is 149 Å². The Morgan fingerprint density at radius 3 is 2.48 bits per heavy atom. The van der Waals surface area contributed by atoms with Crippen LogP contribution in [0.5, 0.6) is 17.2 Å². The third kappa shape index (κ3) is 4.89. The second-order valence-corrected chi connectivity index (χ2v) is 5.95. The molecule has 5 nitrogen and oxygen atoms in total. The molecule has 5 heteroatoms. The monoisotopic (exact) mass is 343 g/mol. The van der Waals surface area contributed by atoms with Crippen LogP contribution in [0.15, 0.2) is 42.5 Å². The number of hydrogen-bond donors (Lipinski definition) is 0. The first-order chi connectivity index (χ1) is 11.9. The summed E-state index contributed by atoms with van der Waals surface area (Å²) in [5.41, 5.74) is 2.00. The van der Waals surface area contributed by atoms with Gasteiger partial charge in [-0.15, -0.1) is 0 Å². The molecule has 0 aliphatic heterocycles. The van der Waals surface area contributed by atoms with Crippen LogP contribution in [0.4, 0.5) is 0 Å². The molecule has 0 N–H and O–H groups in total. The Morgan fingerprint density at radius 2 is 1.84 bits per heavy atom. The first-order valence-corrected chi connectivity index (χ1v) is 8.13. The molecule has 0 saturated heterocycles. The number of ether oxygens (including phenoxy) is 3. The molecule has 2 aromatic rings. The van der Waals surface area contributed by atoms with E-state index in [-0.39, 0.29) is 5.91 Å². The van der Waals surface area contributed by atoms with Crippen molar-refractivity contribution >= 4 is 5.91 Å². The van der Waals surface area contributed by atoms with E-state index in [4.69, 9.17) is 14.2 Å². The summed E-state index contributed by atoms with van der Waals surface area (Å²) in [7, 11) is 4.96. The molecule has 1 amide bonds. The van der Waals surface area contributed by atoms with E-state index in [1.54, 1.807) is 39.2 Å². The van der Waals surface area contributed by atoms with Crippen molar-refractivity contribution in [1.82, 2.24) is 4.90 Å². The second-order valence-electron chi connectivity index (χ2n) is 5.95. The van der Waals surface area contributed by atoms with Crippen LogP contribution >= 0.6 is 0 Å². The van der Waals surface area contributed by atoms with Gasteiger partial charge in [-0.2, -0.15) is 0 Å². The molecule has 0 heterocycles. The zero-order valence-electron chi connectivity index (χ0n) is 15.4. The molecule has 2 aromatic carbocycles. The Morgan fingerprint density at radius 1 is 1.08 bits per heavy atom. The van der Waals surface area contributed by atoms with Gasteiger partial charge in [0.15, 0.2) is 6.10 Å². The van der Waals surface area contributed by atoms with Gasteiger partial charge in [0.25, 0.3) is 5.91 Å². The zero-order valence-corrected chi connectivity index (χ0v) is 15.4. The third-order valence-electron chi connectivity index (χ3n) is 3.93. The van der Waals surface area contributed by atoms with Gasteiger partial charge in [0.1, 0.15) is 17.2 Å². The van der Waals surface area contributed by atoms with E-state index in [1.807, 2.05) is 43.3 Å². The molecule has 0 aliphatic carbocycles. The molecule has 0 radical (unpaired) electrons. The molecule has 0 bridgehead atoms. The minimum Gasteiger partial charge on any atom is -0.497 e. The van der Waals surface area contributed by atoms with Crippen LogP contribution in [0.1, 0.15) is 18.1 Å². The molecule has 2 rings (SSSR count). The summed E-state index contributed by atoms with van der Waals surface area (Å²) < 4.78 is 16.4. The fourth-order valence-electron chi connectivity index (χ4n) is 2.57. The van der Waals surface area contributed by atoms with Crippen molar-refractivity contribution in [3.05, 3.63) is 53.6 Å². The summed E-state index contributed by atoms with van der Waals surface area (Å²) >= 11 is 0. The van der Waals surface area contributed by atoms with Gasteiger partial charge in [-0.25, -0.2) is 0 Å². The van der Waals surface area contributed by atoms with Gasteiger partial charge in [-0.3, -0.25) is 4.79 Å². The summed E-state index contributed by atoms with van der Waals surface area (Å²) in [5, 5.41) is 0. The quantitative estimate of drug-likeness (QED) is 0.773. The Balaban J connectivity index is 2.04. The van der Waals surface area contributed by atoms with Gasteiger partial charge >= 0.3 is 0 Å². The van der Waals surface area contributed by atoms with E-state index < -0.39 is 6.10 Å². The zero-order chi connectivity index (χ0) is 18.4. The molecular formula is C20H25NO4. The number of likely N-dealkylation sites (N-methyl/N-ethyl adjacent to an activating group) is 1. The van der Waals surface area contributed by atoms with Gasteiger partial charge < -0.3 is 19.1 Å². The average molecular weight is 343 g/mol. The van der Waals surface area contributed by atoms with Crippen LogP contribution in [0.3, 0.4) is 0 Å². The molecule has 1 unspecified atom stereocenters. The second kappa shape index (κ2) is 8.42. The third-order valence-corrected chi connectivity index (χ3v) is 3.93. The Bertz CT molecular complexity index is 729. The molecule has 134 valence electrons. The number of benzene rings is 2. The van der Waals surface area contributed by atoms with Crippen molar-refractivity contribution < 1.29 is 19.0 Å². The maximum absolute atomic E-state index is 12.6. The highest BCUT2D eigenvalue weighted by atomic mass is 16.5. The van der Waals surface area contributed by atoms with Crippen molar-refractivity contribution in [2.45, 2.75) is 26.5 Å². The highest BCUT2D eigenvalue weighted by Gasteiger charge is 2.20. The maximum Gasteiger partial charge on any atom is 0.263 e. The van der Waals surface area contributed by atoms with Gasteiger partial charge in [0, 0.05) is 25.2 Å². The molecule has 0 spiro atoms. The number of amides is 1. The lowest BCUT2D eigenvalue weighted by Crippen LogP contribution is -2.37. The lowest BCUT2D eigenvalue weighted by Gasteiger charge is -2.23. The van der Waals surface area contributed by atoms with Crippen LogP contribution in [0.25, 0.3) is 0 Å². The molecule has 0 aromatic heterocycles. The normalized spacial score (nSPS) is 11.6. The van der Waals surface area contributed by atoms with Crippen molar-refractivity contribution in [3.8, 4) is 17.2 Å². The molecule has 0 fully saturated rings. The van der Waals surface area contributed by atoms with Gasteiger partial charge in [0.05, 0.1) is 14.2 Å². The number of nitrogens with zero attached hydrogens (tertiary/aromatic N) is 1. The molecule has 0 saturated carbocycles. The lowest BCUT2D eigenvalue weighted by atomic mass is 10.1. The number of hydrogen-bond acceptors (Lipinski definition) is 4. The Hall–Kier alpha value is -2.69. The van der Waals surface area contributed by atoms with E-state index in [1.165, 1.54) is 0 Å². The van der Waals surface area contributed by atoms with E-state index in [0.29, 0.717) is 23.8 Å². The van der Waals surface area contributed by atoms with E-state index >= 15 is 0 Å². The van der Waals surface area contributed by atoms with Crippen molar-refractivity contribution in [1.29, 1.82) is 0 Å². The number of aryl methyl sites for hydroxylation is 1. The van der Waals surface area contributed by atoms with E-state index in [0.717, 1.165) is 11.1 Å². The smallest absolute Gasteiger partial charge is 0.263 e. The van der Waals surface area contributed by atoms with Crippen LogP contribution < -0.4 is 14.2 Å². The summed E-state index contributed by atoms with van der Waals surface area (Å²) in [6.45, 7) is 4.17. The number of carbonyl (C=O) groups is 1. The summed E-state index contributed by atoms with van der Waals surface area (Å²) in [6.07, 6.45) is -0.573. The van der Waals surface area contributed by atoms with Crippen LogP contribution in [0, 0.1) is 6.92 Å². The highest BCUT2D eigenvalue weighted by molar-refractivity contribution is 5.80. The molecular weight excluding hydrogens is 318 g/mol. The number of rotatable bonds is 7. The summed E-state index contributed by atoms with van der Waals surface area (Å²) in [4.78, 5) is 14.2. The minimum atomic E-state index is -0.573. The average Bonchev–Trinajstić information content (AvgIpc) is 2.61. The van der Waals surface area contributed by atoms with Gasteiger partial charge in [-0.05, 0) is 43.7 Å². The number of methoxy groups -OCH3 is 2. The lowest BCUT2D eigenvalue weighted by molar-refractivity contribution is -0.137. The number of carbonyl (C=O) groups excluding carboxylic acids is 1. The Kier molecular flexibility index (Phi) is 6.28. The van der Waals surface area contributed by atoms with Crippen LogP contribution in [0.2, 0.25) is 0 Å². The standard InChI is InChI=1S/C20H25NO4/c1-14-7-6-8-18(11-14)25-15(2)20(22)21(3)13-16-9-10-17(23-4)12-19(16)24-5/h6-12,15H,13H2,1-5H3. The first-order valence-electron chi connectivity index (χ1n) is 8.13. The molecule has 1 atom stereocenters. The SMILES string of the molecule is COc1ccc(CN(C)C(=O)C(C)Oc2cccc(C)c2)c(OC)c1.